The van der Waals surface area contributed by atoms with E-state index in [2.05, 4.69) is 11.4 Å². The van der Waals surface area contributed by atoms with Crippen LogP contribution in [0.3, 0.4) is 0 Å². The van der Waals surface area contributed by atoms with Crippen LogP contribution in [0.4, 0.5) is 0 Å². The number of hydrogen-bond donors (Lipinski definition) is 1. The molecule has 0 bridgehead atoms. The van der Waals surface area contributed by atoms with E-state index in [4.69, 9.17) is 0 Å². The third-order valence-electron chi connectivity index (χ3n) is 3.94. The van der Waals surface area contributed by atoms with Crippen molar-refractivity contribution in [2.75, 3.05) is 6.54 Å². The Balaban J connectivity index is 2.06. The van der Waals surface area contributed by atoms with Gasteiger partial charge in [-0.1, -0.05) is 19.3 Å². The van der Waals surface area contributed by atoms with Crippen LogP contribution in [-0.2, 0) is 0 Å². The van der Waals surface area contributed by atoms with E-state index in [0.29, 0.717) is 5.92 Å². The lowest BCUT2D eigenvalue weighted by Gasteiger charge is -2.40. The van der Waals surface area contributed by atoms with E-state index in [1.807, 2.05) is 0 Å². The maximum absolute atomic E-state index is 9.38. The van der Waals surface area contributed by atoms with Gasteiger partial charge in [0.25, 0.3) is 0 Å². The first-order valence-corrected chi connectivity index (χ1v) is 6.04. The number of nitrogens with one attached hydrogen (secondary N) is 1. The number of rotatable bonds is 1. The fourth-order valence-electron chi connectivity index (χ4n) is 3.06. The summed E-state index contributed by atoms with van der Waals surface area (Å²) in [6.45, 7) is 1.05. The molecule has 0 aromatic heterocycles. The van der Waals surface area contributed by atoms with Crippen molar-refractivity contribution in [2.24, 2.45) is 5.92 Å². The maximum atomic E-state index is 9.38. The minimum Gasteiger partial charge on any atom is -0.299 e. The molecule has 1 aliphatic carbocycles. The van der Waals surface area contributed by atoms with E-state index >= 15 is 0 Å². The molecule has 0 radical (unpaired) electrons. The van der Waals surface area contributed by atoms with Crippen LogP contribution in [0.2, 0.25) is 0 Å². The van der Waals surface area contributed by atoms with Crippen molar-refractivity contribution in [3.8, 4) is 6.07 Å². The van der Waals surface area contributed by atoms with Crippen LogP contribution < -0.4 is 5.32 Å². The molecule has 2 rings (SSSR count). The number of hydrogen-bond acceptors (Lipinski definition) is 2. The molecule has 1 heterocycles. The van der Waals surface area contributed by atoms with Crippen molar-refractivity contribution < 1.29 is 0 Å². The molecule has 0 amide bonds. The lowest BCUT2D eigenvalue weighted by atomic mass is 9.71. The monoisotopic (exact) mass is 192 g/mol. The topological polar surface area (TPSA) is 35.8 Å². The molecule has 1 N–H and O–H groups in total. The fourth-order valence-corrected chi connectivity index (χ4v) is 3.06. The van der Waals surface area contributed by atoms with Gasteiger partial charge < -0.3 is 0 Å². The van der Waals surface area contributed by atoms with Gasteiger partial charge in [0, 0.05) is 0 Å². The first-order chi connectivity index (χ1) is 6.87. The Morgan fingerprint density at radius 2 is 1.86 bits per heavy atom. The van der Waals surface area contributed by atoms with Crippen molar-refractivity contribution >= 4 is 0 Å². The van der Waals surface area contributed by atoms with E-state index < -0.39 is 0 Å². The third kappa shape index (κ3) is 1.79. The van der Waals surface area contributed by atoms with Crippen molar-refractivity contribution in [3.05, 3.63) is 0 Å². The van der Waals surface area contributed by atoms with Gasteiger partial charge in [-0.2, -0.15) is 5.26 Å². The SMILES string of the molecule is N#CC1(C2CCCCC2)CCCCN1. The maximum Gasteiger partial charge on any atom is 0.109 e. The van der Waals surface area contributed by atoms with E-state index in [1.54, 1.807) is 0 Å². The van der Waals surface area contributed by atoms with Crippen LogP contribution in [-0.4, -0.2) is 12.1 Å². The second-order valence-corrected chi connectivity index (χ2v) is 4.80. The largest absolute Gasteiger partial charge is 0.299 e. The Kier molecular flexibility index (Phi) is 3.08. The highest BCUT2D eigenvalue weighted by Gasteiger charge is 2.39. The Bertz CT molecular complexity index is 217. The summed E-state index contributed by atoms with van der Waals surface area (Å²) in [4.78, 5) is 0. The van der Waals surface area contributed by atoms with Gasteiger partial charge in [-0.25, -0.2) is 0 Å². The average Bonchev–Trinajstić information content (AvgIpc) is 2.31. The summed E-state index contributed by atoms with van der Waals surface area (Å²) >= 11 is 0. The summed E-state index contributed by atoms with van der Waals surface area (Å²) in [5.41, 5.74) is -0.154. The van der Waals surface area contributed by atoms with Crippen molar-refractivity contribution in [3.63, 3.8) is 0 Å². The van der Waals surface area contributed by atoms with Gasteiger partial charge in [0.15, 0.2) is 0 Å². The molecule has 0 aromatic rings. The molecule has 78 valence electrons. The summed E-state index contributed by atoms with van der Waals surface area (Å²) in [6, 6.07) is 2.58. The van der Waals surface area contributed by atoms with Crippen LogP contribution in [0.25, 0.3) is 0 Å². The normalized spacial score (nSPS) is 35.1. The van der Waals surface area contributed by atoms with Gasteiger partial charge in [-0.15, -0.1) is 0 Å². The molecule has 1 saturated heterocycles. The van der Waals surface area contributed by atoms with Crippen LogP contribution >= 0.6 is 0 Å². The zero-order valence-electron chi connectivity index (χ0n) is 8.89. The molecule has 1 saturated carbocycles. The zero-order chi connectivity index (χ0) is 9.86. The van der Waals surface area contributed by atoms with Gasteiger partial charge in [-0.3, -0.25) is 5.32 Å². The van der Waals surface area contributed by atoms with Crippen LogP contribution in [0.1, 0.15) is 51.4 Å². The lowest BCUT2D eigenvalue weighted by molar-refractivity contribution is 0.176. The van der Waals surface area contributed by atoms with Gasteiger partial charge in [-0.05, 0) is 44.6 Å². The highest BCUT2D eigenvalue weighted by atomic mass is 15.0. The molecule has 2 heteroatoms. The molecule has 2 aliphatic rings. The molecule has 2 nitrogen and oxygen atoms in total. The van der Waals surface area contributed by atoms with Gasteiger partial charge >= 0.3 is 0 Å². The average molecular weight is 192 g/mol. The van der Waals surface area contributed by atoms with Crippen molar-refractivity contribution in [2.45, 2.75) is 56.9 Å². The minimum absolute atomic E-state index is 0.154. The second kappa shape index (κ2) is 4.31. The van der Waals surface area contributed by atoms with E-state index in [9.17, 15) is 5.26 Å². The summed E-state index contributed by atoms with van der Waals surface area (Å²) in [7, 11) is 0. The summed E-state index contributed by atoms with van der Waals surface area (Å²) in [6.07, 6.45) is 10.1. The van der Waals surface area contributed by atoms with E-state index in [-0.39, 0.29) is 5.54 Å². The number of piperidine rings is 1. The zero-order valence-corrected chi connectivity index (χ0v) is 8.89. The van der Waals surface area contributed by atoms with Crippen molar-refractivity contribution in [1.29, 1.82) is 5.26 Å². The number of nitriles is 1. The Morgan fingerprint density at radius 3 is 2.43 bits per heavy atom. The Hall–Kier alpha value is -0.550. The Labute approximate surface area is 86.7 Å². The van der Waals surface area contributed by atoms with Gasteiger partial charge in [0.1, 0.15) is 5.54 Å². The minimum atomic E-state index is -0.154. The molecule has 2 fully saturated rings. The molecule has 14 heavy (non-hydrogen) atoms. The van der Waals surface area contributed by atoms with Crippen LogP contribution in [0.5, 0.6) is 0 Å². The second-order valence-electron chi connectivity index (χ2n) is 4.80. The smallest absolute Gasteiger partial charge is 0.109 e. The van der Waals surface area contributed by atoms with Crippen LogP contribution in [0.15, 0.2) is 0 Å². The predicted molar refractivity (Wildman–Crippen MR) is 56.8 cm³/mol. The molecule has 1 aliphatic heterocycles. The quantitative estimate of drug-likeness (QED) is 0.693. The highest BCUT2D eigenvalue weighted by molar-refractivity contribution is 5.12. The molecule has 1 unspecified atom stereocenters. The van der Waals surface area contributed by atoms with Gasteiger partial charge in [0.2, 0.25) is 0 Å². The van der Waals surface area contributed by atoms with Crippen LogP contribution in [0, 0.1) is 17.2 Å². The summed E-state index contributed by atoms with van der Waals surface area (Å²) in [5, 5.41) is 12.9. The predicted octanol–water partition coefficient (Wildman–Crippen LogP) is 2.60. The lowest BCUT2D eigenvalue weighted by Crippen LogP contribution is -2.53. The Morgan fingerprint density at radius 1 is 1.07 bits per heavy atom. The van der Waals surface area contributed by atoms with Gasteiger partial charge in [0.05, 0.1) is 6.07 Å². The first kappa shape index (κ1) is 9.98. The first-order valence-electron chi connectivity index (χ1n) is 6.04. The third-order valence-corrected chi connectivity index (χ3v) is 3.94. The van der Waals surface area contributed by atoms with Crippen molar-refractivity contribution in [1.82, 2.24) is 5.32 Å². The molecular weight excluding hydrogens is 172 g/mol. The highest BCUT2D eigenvalue weighted by Crippen LogP contribution is 2.36. The molecule has 1 atom stereocenters. The van der Waals surface area contributed by atoms with E-state index in [0.717, 1.165) is 13.0 Å². The van der Waals surface area contributed by atoms with E-state index in [1.165, 1.54) is 44.9 Å². The fraction of sp³-hybridized carbons (Fsp3) is 0.917. The molecular formula is C12H20N2. The molecule has 0 spiro atoms. The summed E-state index contributed by atoms with van der Waals surface area (Å²) in [5.74, 6) is 0.626. The summed E-state index contributed by atoms with van der Waals surface area (Å²) < 4.78 is 0. The standard InChI is InChI=1S/C12H20N2/c13-10-12(8-4-5-9-14-12)11-6-2-1-3-7-11/h11,14H,1-9H2. The number of nitrogens with zero attached hydrogens (tertiary/aromatic N) is 1. The molecule has 0 aromatic carbocycles.